The lowest BCUT2D eigenvalue weighted by atomic mass is 9.98. The highest BCUT2D eigenvalue weighted by Crippen LogP contribution is 2.44. The fourth-order valence-electron chi connectivity index (χ4n) is 3.77. The van der Waals surface area contributed by atoms with Crippen LogP contribution in [0.1, 0.15) is 34.1 Å². The minimum atomic E-state index is -3.10. The quantitative estimate of drug-likeness (QED) is 0.395. The van der Waals surface area contributed by atoms with Crippen LogP contribution in [-0.2, 0) is 9.53 Å². The van der Waals surface area contributed by atoms with E-state index in [2.05, 4.69) is 20.5 Å². The number of amides is 2. The number of carbonyl (C=O) groups is 3. The average Bonchev–Trinajstić information content (AvgIpc) is 3.39. The van der Waals surface area contributed by atoms with Gasteiger partial charge in [0.25, 0.3) is 18.3 Å². The number of carboxylic acids is 1. The van der Waals surface area contributed by atoms with Crippen LogP contribution in [0.15, 0.2) is 48.5 Å². The Morgan fingerprint density at radius 3 is 2.26 bits per heavy atom. The molecular formula is C22H19F2N5O5. The first kappa shape index (κ1) is 22.8. The van der Waals surface area contributed by atoms with Gasteiger partial charge < -0.3 is 15.2 Å². The molecule has 176 valence electrons. The Morgan fingerprint density at radius 1 is 1.06 bits per heavy atom. The lowest BCUT2D eigenvalue weighted by Crippen LogP contribution is -2.41. The molecule has 1 atom stereocenters. The number of aliphatic carboxylic acids is 1. The van der Waals surface area contributed by atoms with Crippen LogP contribution < -0.4 is 10.6 Å². The number of aromatic amines is 1. The predicted octanol–water partition coefficient (Wildman–Crippen LogP) is 3.00. The third kappa shape index (κ3) is 4.85. The molecule has 2 amide bonds. The smallest absolute Gasteiger partial charge is 0.414 e. The molecule has 1 heterocycles. The number of H-pyrrole nitrogens is 1. The van der Waals surface area contributed by atoms with Crippen LogP contribution in [0.4, 0.5) is 19.5 Å². The summed E-state index contributed by atoms with van der Waals surface area (Å²) in [5.74, 6) is -3.55. The van der Waals surface area contributed by atoms with Gasteiger partial charge in [0.15, 0.2) is 0 Å². The zero-order valence-corrected chi connectivity index (χ0v) is 17.5. The number of benzene rings is 2. The summed E-state index contributed by atoms with van der Waals surface area (Å²) in [5, 5.41) is 18.6. The first-order chi connectivity index (χ1) is 16.3. The van der Waals surface area contributed by atoms with Crippen LogP contribution in [0.3, 0.4) is 0 Å². The Kier molecular flexibility index (Phi) is 6.48. The summed E-state index contributed by atoms with van der Waals surface area (Å²) in [7, 11) is 0. The van der Waals surface area contributed by atoms with Crippen molar-refractivity contribution in [3.05, 3.63) is 65.5 Å². The summed E-state index contributed by atoms with van der Waals surface area (Å²) in [6, 6.07) is 13.7. The molecule has 1 aliphatic carbocycles. The molecule has 1 unspecified atom stereocenters. The lowest BCUT2D eigenvalue weighted by molar-refractivity contribution is -0.138. The molecular weight excluding hydrogens is 452 g/mol. The lowest BCUT2D eigenvalue weighted by Gasteiger charge is -2.14. The van der Waals surface area contributed by atoms with Crippen molar-refractivity contribution in [3.63, 3.8) is 0 Å². The summed E-state index contributed by atoms with van der Waals surface area (Å²) in [5.41, 5.74) is 4.20. The fraction of sp³-hybridized carbons (Fsp3) is 0.227. The second-order valence-corrected chi connectivity index (χ2v) is 7.47. The normalized spacial score (nSPS) is 13.1. The van der Waals surface area contributed by atoms with Crippen molar-refractivity contribution >= 4 is 23.9 Å². The van der Waals surface area contributed by atoms with E-state index in [0.717, 1.165) is 22.3 Å². The molecule has 0 fully saturated rings. The van der Waals surface area contributed by atoms with Crippen LogP contribution in [0.25, 0.3) is 11.1 Å². The molecule has 2 aromatic carbocycles. The maximum absolute atomic E-state index is 12.9. The topological polar surface area (TPSA) is 146 Å². The van der Waals surface area contributed by atoms with Gasteiger partial charge in [0.1, 0.15) is 12.6 Å². The zero-order valence-electron chi connectivity index (χ0n) is 17.5. The number of hydrogen-bond donors (Lipinski definition) is 4. The third-order valence-corrected chi connectivity index (χ3v) is 5.27. The van der Waals surface area contributed by atoms with Gasteiger partial charge in [-0.25, -0.2) is 13.6 Å². The van der Waals surface area contributed by atoms with Gasteiger partial charge in [0.05, 0.1) is 6.42 Å². The summed E-state index contributed by atoms with van der Waals surface area (Å²) >= 11 is 0. The summed E-state index contributed by atoms with van der Waals surface area (Å²) in [6.45, 7) is 0.0445. The van der Waals surface area contributed by atoms with Gasteiger partial charge in [-0.2, -0.15) is 4.98 Å². The van der Waals surface area contributed by atoms with E-state index in [1.165, 1.54) is 0 Å². The number of ether oxygens (including phenoxy) is 1. The third-order valence-electron chi connectivity index (χ3n) is 5.27. The molecule has 3 aromatic rings. The molecule has 0 spiro atoms. The standard InChI is InChI=1S/C22H19F2N5O5/c23-18(24)16(9-17(30)31)25-20(32)19-26-21(29-28-19)27-22(33)34-10-15-13-7-3-1-5-11(13)12-6-2-4-8-14(12)15/h1-8,15-16,18H,9-10H2,(H,25,32)(H,30,31)(H2,26,27,28,29,33). The van der Waals surface area contributed by atoms with E-state index in [1.807, 2.05) is 53.8 Å². The van der Waals surface area contributed by atoms with Gasteiger partial charge in [-0.3, -0.25) is 20.0 Å². The molecule has 34 heavy (non-hydrogen) atoms. The van der Waals surface area contributed by atoms with Crippen molar-refractivity contribution in [2.24, 2.45) is 0 Å². The van der Waals surface area contributed by atoms with Gasteiger partial charge in [-0.1, -0.05) is 48.5 Å². The number of fused-ring (bicyclic) bond motifs is 3. The van der Waals surface area contributed by atoms with Crippen molar-refractivity contribution in [1.29, 1.82) is 0 Å². The van der Waals surface area contributed by atoms with E-state index in [1.54, 1.807) is 0 Å². The maximum Gasteiger partial charge on any atom is 0.414 e. The maximum atomic E-state index is 12.9. The number of alkyl halides is 2. The summed E-state index contributed by atoms with van der Waals surface area (Å²) < 4.78 is 31.2. The van der Waals surface area contributed by atoms with E-state index >= 15 is 0 Å². The number of halogens is 2. The second kappa shape index (κ2) is 9.65. The van der Waals surface area contributed by atoms with Crippen molar-refractivity contribution in [2.45, 2.75) is 24.8 Å². The number of carbonyl (C=O) groups excluding carboxylic acids is 2. The molecule has 0 radical (unpaired) electrons. The number of aromatic nitrogens is 3. The van der Waals surface area contributed by atoms with Crippen LogP contribution in [-0.4, -0.2) is 57.3 Å². The first-order valence-corrected chi connectivity index (χ1v) is 10.2. The highest BCUT2D eigenvalue weighted by Gasteiger charge is 2.30. The van der Waals surface area contributed by atoms with Crippen molar-refractivity contribution in [2.75, 3.05) is 11.9 Å². The molecule has 0 aliphatic heterocycles. The van der Waals surface area contributed by atoms with E-state index in [-0.39, 0.29) is 18.5 Å². The van der Waals surface area contributed by atoms with Gasteiger partial charge in [0, 0.05) is 5.92 Å². The van der Waals surface area contributed by atoms with Crippen molar-refractivity contribution < 1.29 is 33.0 Å². The van der Waals surface area contributed by atoms with E-state index in [4.69, 9.17) is 9.84 Å². The fourth-order valence-corrected chi connectivity index (χ4v) is 3.77. The van der Waals surface area contributed by atoms with E-state index < -0.39 is 42.7 Å². The van der Waals surface area contributed by atoms with Crippen LogP contribution in [0.5, 0.6) is 0 Å². The Hall–Kier alpha value is -4.35. The highest BCUT2D eigenvalue weighted by molar-refractivity contribution is 5.92. The molecule has 10 nitrogen and oxygen atoms in total. The Morgan fingerprint density at radius 2 is 1.68 bits per heavy atom. The number of nitrogens with one attached hydrogen (secondary N) is 3. The Labute approximate surface area is 191 Å². The predicted molar refractivity (Wildman–Crippen MR) is 115 cm³/mol. The van der Waals surface area contributed by atoms with Gasteiger partial charge in [-0.15, -0.1) is 5.10 Å². The highest BCUT2D eigenvalue weighted by atomic mass is 19.3. The first-order valence-electron chi connectivity index (χ1n) is 10.2. The number of rotatable bonds is 8. The SMILES string of the molecule is O=C(O)CC(NC(=O)c1nc(NC(=O)OCC2c3ccccc3-c3ccccc32)n[nH]1)C(F)F. The number of nitrogens with zero attached hydrogens (tertiary/aromatic N) is 2. The molecule has 0 bridgehead atoms. The second-order valence-electron chi connectivity index (χ2n) is 7.47. The molecule has 4 rings (SSSR count). The van der Waals surface area contributed by atoms with E-state index in [0.29, 0.717) is 0 Å². The molecule has 4 N–H and O–H groups in total. The van der Waals surface area contributed by atoms with Gasteiger partial charge >= 0.3 is 12.1 Å². The van der Waals surface area contributed by atoms with Crippen LogP contribution >= 0.6 is 0 Å². The monoisotopic (exact) mass is 471 g/mol. The van der Waals surface area contributed by atoms with Crippen LogP contribution in [0.2, 0.25) is 0 Å². The zero-order chi connectivity index (χ0) is 24.2. The van der Waals surface area contributed by atoms with Gasteiger partial charge in [-0.05, 0) is 22.3 Å². The molecule has 1 aromatic heterocycles. The molecule has 1 aliphatic rings. The largest absolute Gasteiger partial charge is 0.481 e. The molecule has 12 heteroatoms. The average molecular weight is 471 g/mol. The number of anilines is 1. The summed E-state index contributed by atoms with van der Waals surface area (Å²) in [4.78, 5) is 38.7. The number of hydrogen-bond acceptors (Lipinski definition) is 6. The van der Waals surface area contributed by atoms with Gasteiger partial charge in [0.2, 0.25) is 5.82 Å². The summed E-state index contributed by atoms with van der Waals surface area (Å²) in [6.07, 6.45) is -4.94. The number of carboxylic acid groups (broad SMARTS) is 1. The van der Waals surface area contributed by atoms with Crippen molar-refractivity contribution in [1.82, 2.24) is 20.5 Å². The minimum absolute atomic E-state index is 0.0445. The van der Waals surface area contributed by atoms with Crippen molar-refractivity contribution in [3.8, 4) is 11.1 Å². The Balaban J connectivity index is 1.36. The van der Waals surface area contributed by atoms with E-state index in [9.17, 15) is 23.2 Å². The molecule has 0 saturated heterocycles. The van der Waals surface area contributed by atoms with Crippen LogP contribution in [0, 0.1) is 0 Å². The molecule has 0 saturated carbocycles. The minimum Gasteiger partial charge on any atom is -0.481 e. The Bertz CT molecular complexity index is 1190.